The van der Waals surface area contributed by atoms with Gasteiger partial charge in [-0.1, -0.05) is 12.1 Å². The van der Waals surface area contributed by atoms with Crippen LogP contribution in [0, 0.1) is 12.7 Å². The molecule has 0 amide bonds. The highest BCUT2D eigenvalue weighted by molar-refractivity contribution is 5.31. The molecule has 1 unspecified atom stereocenters. The highest BCUT2D eigenvalue weighted by Crippen LogP contribution is 2.27. The van der Waals surface area contributed by atoms with Gasteiger partial charge in [-0.3, -0.25) is 0 Å². The minimum absolute atomic E-state index is 0.0294. The Balaban J connectivity index is 2.29. The first-order valence-corrected chi connectivity index (χ1v) is 5.48. The van der Waals surface area contributed by atoms with Crippen LogP contribution < -0.4 is 5.32 Å². The number of ether oxygens (including phenoxy) is 1. The normalized spacial score (nSPS) is 16.8. The molecule has 2 rings (SSSR count). The molecule has 2 nitrogen and oxygen atoms in total. The zero-order valence-corrected chi connectivity index (χ0v) is 9.59. The van der Waals surface area contributed by atoms with Gasteiger partial charge in [0.2, 0.25) is 0 Å². The Morgan fingerprint density at radius 2 is 2.25 bits per heavy atom. The molecule has 16 heavy (non-hydrogen) atoms. The van der Waals surface area contributed by atoms with E-state index in [0.29, 0.717) is 5.56 Å². The first-order chi connectivity index (χ1) is 7.72. The number of nitrogens with one attached hydrogen (secondary N) is 1. The fourth-order valence-electron chi connectivity index (χ4n) is 1.96. The van der Waals surface area contributed by atoms with Crippen molar-refractivity contribution in [3.05, 3.63) is 47.0 Å². The standard InChI is InChI=1S/C13H16FNO/c1-9-8-10(5-6-11(9)14)13(15-2)12-4-3-7-16-12/h4-6,8,13,15H,3,7H2,1-2H3. The smallest absolute Gasteiger partial charge is 0.126 e. The van der Waals surface area contributed by atoms with Crippen LogP contribution in [-0.2, 0) is 4.74 Å². The summed E-state index contributed by atoms with van der Waals surface area (Å²) in [5, 5.41) is 3.19. The summed E-state index contributed by atoms with van der Waals surface area (Å²) in [6.45, 7) is 2.52. The number of hydrogen-bond acceptors (Lipinski definition) is 2. The first kappa shape index (κ1) is 11.1. The molecular weight excluding hydrogens is 205 g/mol. The summed E-state index contributed by atoms with van der Waals surface area (Å²) in [5.74, 6) is 0.772. The molecular formula is C13H16FNO. The molecule has 0 bridgehead atoms. The second kappa shape index (κ2) is 4.66. The fraction of sp³-hybridized carbons (Fsp3) is 0.385. The van der Waals surface area contributed by atoms with Gasteiger partial charge in [-0.2, -0.15) is 0 Å². The van der Waals surface area contributed by atoms with E-state index in [-0.39, 0.29) is 11.9 Å². The minimum atomic E-state index is -0.167. The molecule has 0 saturated carbocycles. The van der Waals surface area contributed by atoms with Gasteiger partial charge >= 0.3 is 0 Å². The van der Waals surface area contributed by atoms with E-state index in [1.54, 1.807) is 13.0 Å². The quantitative estimate of drug-likeness (QED) is 0.847. The predicted octanol–water partition coefficient (Wildman–Crippen LogP) is 2.70. The second-order valence-electron chi connectivity index (χ2n) is 3.97. The van der Waals surface area contributed by atoms with Crippen LogP contribution in [0.5, 0.6) is 0 Å². The van der Waals surface area contributed by atoms with Crippen molar-refractivity contribution in [1.29, 1.82) is 0 Å². The van der Waals surface area contributed by atoms with Crippen molar-refractivity contribution in [2.75, 3.05) is 13.7 Å². The van der Waals surface area contributed by atoms with Crippen molar-refractivity contribution in [1.82, 2.24) is 5.32 Å². The Morgan fingerprint density at radius 1 is 1.44 bits per heavy atom. The summed E-state index contributed by atoms with van der Waals surface area (Å²) in [6, 6.07) is 5.19. The summed E-state index contributed by atoms with van der Waals surface area (Å²) in [7, 11) is 1.88. The molecule has 1 atom stereocenters. The lowest BCUT2D eigenvalue weighted by Crippen LogP contribution is -2.19. The van der Waals surface area contributed by atoms with Crippen molar-refractivity contribution in [3.8, 4) is 0 Å². The van der Waals surface area contributed by atoms with Crippen LogP contribution in [0.3, 0.4) is 0 Å². The molecule has 0 fully saturated rings. The average molecular weight is 221 g/mol. The van der Waals surface area contributed by atoms with E-state index in [2.05, 4.69) is 11.4 Å². The Labute approximate surface area is 95.1 Å². The van der Waals surface area contributed by atoms with Gasteiger partial charge in [-0.05, 0) is 37.2 Å². The maximum Gasteiger partial charge on any atom is 0.126 e. The second-order valence-corrected chi connectivity index (χ2v) is 3.97. The number of aryl methyl sites for hydroxylation is 1. The van der Waals surface area contributed by atoms with Crippen molar-refractivity contribution in [2.24, 2.45) is 0 Å². The summed E-state index contributed by atoms with van der Waals surface area (Å²) in [6.07, 6.45) is 3.04. The van der Waals surface area contributed by atoms with Gasteiger partial charge in [-0.15, -0.1) is 0 Å². The van der Waals surface area contributed by atoms with E-state index >= 15 is 0 Å². The van der Waals surface area contributed by atoms with Crippen LogP contribution in [0.15, 0.2) is 30.0 Å². The molecule has 0 radical (unpaired) electrons. The van der Waals surface area contributed by atoms with Crippen molar-refractivity contribution < 1.29 is 9.13 Å². The monoisotopic (exact) mass is 221 g/mol. The zero-order valence-electron chi connectivity index (χ0n) is 9.59. The molecule has 86 valence electrons. The highest BCUT2D eigenvalue weighted by Gasteiger charge is 2.19. The lowest BCUT2D eigenvalue weighted by molar-refractivity contribution is 0.218. The predicted molar refractivity (Wildman–Crippen MR) is 61.6 cm³/mol. The molecule has 1 N–H and O–H groups in total. The molecule has 1 aromatic rings. The number of benzene rings is 1. The van der Waals surface area contributed by atoms with E-state index in [4.69, 9.17) is 4.74 Å². The largest absolute Gasteiger partial charge is 0.496 e. The molecule has 0 saturated heterocycles. The zero-order chi connectivity index (χ0) is 11.5. The van der Waals surface area contributed by atoms with Crippen molar-refractivity contribution in [3.63, 3.8) is 0 Å². The number of likely N-dealkylation sites (N-methyl/N-ethyl adjacent to an activating group) is 1. The number of hydrogen-bond donors (Lipinski definition) is 1. The van der Waals surface area contributed by atoms with Crippen molar-refractivity contribution >= 4 is 0 Å². The number of rotatable bonds is 3. The van der Waals surface area contributed by atoms with Crippen LogP contribution in [0.2, 0.25) is 0 Å². The lowest BCUT2D eigenvalue weighted by Gasteiger charge is -2.18. The third kappa shape index (κ3) is 2.09. The summed E-state index contributed by atoms with van der Waals surface area (Å²) < 4.78 is 18.7. The van der Waals surface area contributed by atoms with Crippen LogP contribution in [0.1, 0.15) is 23.6 Å². The summed E-state index contributed by atoms with van der Waals surface area (Å²) >= 11 is 0. The van der Waals surface area contributed by atoms with Gasteiger partial charge in [0.05, 0.1) is 12.6 Å². The van der Waals surface area contributed by atoms with E-state index in [0.717, 1.165) is 24.4 Å². The fourth-order valence-corrected chi connectivity index (χ4v) is 1.96. The lowest BCUT2D eigenvalue weighted by atomic mass is 10.0. The molecule has 1 heterocycles. The van der Waals surface area contributed by atoms with Crippen LogP contribution in [0.25, 0.3) is 0 Å². The average Bonchev–Trinajstić information content (AvgIpc) is 2.78. The van der Waals surface area contributed by atoms with Crippen molar-refractivity contribution in [2.45, 2.75) is 19.4 Å². The van der Waals surface area contributed by atoms with Gasteiger partial charge in [-0.25, -0.2) is 4.39 Å². The minimum Gasteiger partial charge on any atom is -0.496 e. The van der Waals surface area contributed by atoms with Gasteiger partial charge in [0.1, 0.15) is 11.6 Å². The Hall–Kier alpha value is -1.35. The Bertz CT molecular complexity index is 414. The maximum atomic E-state index is 13.2. The van der Waals surface area contributed by atoms with Crippen LogP contribution in [0.4, 0.5) is 4.39 Å². The molecule has 0 aliphatic carbocycles. The molecule has 1 aliphatic heterocycles. The highest BCUT2D eigenvalue weighted by atomic mass is 19.1. The maximum absolute atomic E-state index is 13.2. The van der Waals surface area contributed by atoms with Gasteiger partial charge < -0.3 is 10.1 Å². The third-order valence-electron chi connectivity index (χ3n) is 2.82. The first-order valence-electron chi connectivity index (χ1n) is 5.48. The van der Waals surface area contributed by atoms with E-state index in [1.807, 2.05) is 13.1 Å². The van der Waals surface area contributed by atoms with Crippen LogP contribution in [-0.4, -0.2) is 13.7 Å². The topological polar surface area (TPSA) is 21.3 Å². The van der Waals surface area contributed by atoms with Gasteiger partial charge in [0, 0.05) is 6.42 Å². The van der Waals surface area contributed by atoms with Gasteiger partial charge in [0.25, 0.3) is 0 Å². The Kier molecular flexibility index (Phi) is 3.25. The summed E-state index contributed by atoms with van der Waals surface area (Å²) in [5.41, 5.74) is 1.70. The summed E-state index contributed by atoms with van der Waals surface area (Å²) in [4.78, 5) is 0. The SMILES string of the molecule is CNC(C1=CCCO1)c1ccc(F)c(C)c1. The molecule has 3 heteroatoms. The Morgan fingerprint density at radius 3 is 2.81 bits per heavy atom. The van der Waals surface area contributed by atoms with E-state index in [1.165, 1.54) is 6.07 Å². The number of halogens is 1. The molecule has 0 spiro atoms. The van der Waals surface area contributed by atoms with Gasteiger partial charge in [0.15, 0.2) is 0 Å². The molecule has 1 aliphatic rings. The van der Waals surface area contributed by atoms with E-state index in [9.17, 15) is 4.39 Å². The van der Waals surface area contributed by atoms with Crippen LogP contribution >= 0.6 is 0 Å². The molecule has 1 aromatic carbocycles. The third-order valence-corrected chi connectivity index (χ3v) is 2.82. The molecule has 0 aromatic heterocycles. The van der Waals surface area contributed by atoms with E-state index < -0.39 is 0 Å².